The molecule has 4 aromatic rings. The number of hydrogen-bond donors (Lipinski definition) is 0. The Balaban J connectivity index is 1.94. The van der Waals surface area contributed by atoms with Crippen LogP contribution in [0.1, 0.15) is 11.3 Å². The second-order valence-electron chi connectivity index (χ2n) is 5.82. The van der Waals surface area contributed by atoms with E-state index in [1.807, 2.05) is 31.2 Å². The molecule has 27 heavy (non-hydrogen) atoms. The van der Waals surface area contributed by atoms with E-state index >= 15 is 0 Å². The fourth-order valence-corrected chi connectivity index (χ4v) is 3.49. The van der Waals surface area contributed by atoms with E-state index in [0.29, 0.717) is 32.6 Å². The van der Waals surface area contributed by atoms with Gasteiger partial charge in [0.15, 0.2) is 5.16 Å². The molecule has 0 amide bonds. The van der Waals surface area contributed by atoms with E-state index in [2.05, 4.69) is 15.0 Å². The van der Waals surface area contributed by atoms with Gasteiger partial charge in [-0.25, -0.2) is 19.5 Å². The maximum atomic E-state index is 13.1. The minimum absolute atomic E-state index is 0.198. The first kappa shape index (κ1) is 16.9. The highest BCUT2D eigenvalue weighted by molar-refractivity contribution is 7.99. The normalized spacial score (nSPS) is 10.7. The van der Waals surface area contributed by atoms with Crippen molar-refractivity contribution >= 4 is 22.7 Å². The van der Waals surface area contributed by atoms with Crippen LogP contribution in [0.4, 0.5) is 0 Å². The summed E-state index contributed by atoms with van der Waals surface area (Å²) in [6.45, 7) is 1.94. The SMILES string of the molecule is Cc1ccc(-n2c(Sc3cccc(C#N)n3)nc3ccccc3c2=O)nc1. The van der Waals surface area contributed by atoms with E-state index in [1.54, 1.807) is 42.6 Å². The molecule has 0 radical (unpaired) electrons. The van der Waals surface area contributed by atoms with Crippen LogP contribution in [0.2, 0.25) is 0 Å². The van der Waals surface area contributed by atoms with Gasteiger partial charge in [0.25, 0.3) is 5.56 Å². The maximum absolute atomic E-state index is 13.1. The second kappa shape index (κ2) is 7.02. The van der Waals surface area contributed by atoms with Gasteiger partial charge in [-0.1, -0.05) is 24.3 Å². The summed E-state index contributed by atoms with van der Waals surface area (Å²) in [6, 6.07) is 18.1. The fraction of sp³-hybridized carbons (Fsp3) is 0.0500. The van der Waals surface area contributed by atoms with Gasteiger partial charge >= 0.3 is 0 Å². The van der Waals surface area contributed by atoms with Crippen molar-refractivity contribution in [2.24, 2.45) is 0 Å². The lowest BCUT2D eigenvalue weighted by Gasteiger charge is -2.12. The molecule has 0 aliphatic heterocycles. The van der Waals surface area contributed by atoms with Gasteiger partial charge < -0.3 is 0 Å². The Bertz CT molecular complexity index is 1240. The van der Waals surface area contributed by atoms with Crippen molar-refractivity contribution in [3.05, 3.63) is 82.4 Å². The number of benzene rings is 1. The highest BCUT2D eigenvalue weighted by atomic mass is 32.2. The van der Waals surface area contributed by atoms with E-state index in [-0.39, 0.29) is 5.56 Å². The van der Waals surface area contributed by atoms with Crippen LogP contribution < -0.4 is 5.56 Å². The van der Waals surface area contributed by atoms with Crippen LogP contribution >= 0.6 is 11.8 Å². The van der Waals surface area contributed by atoms with Crippen molar-refractivity contribution in [2.45, 2.75) is 17.1 Å². The van der Waals surface area contributed by atoms with E-state index < -0.39 is 0 Å². The zero-order valence-corrected chi connectivity index (χ0v) is 15.1. The minimum Gasteiger partial charge on any atom is -0.268 e. The first-order chi connectivity index (χ1) is 13.2. The third-order valence-electron chi connectivity index (χ3n) is 3.90. The Morgan fingerprint density at radius 3 is 2.67 bits per heavy atom. The molecule has 0 bridgehead atoms. The molecule has 0 N–H and O–H groups in total. The Labute approximate surface area is 159 Å². The maximum Gasteiger partial charge on any atom is 0.267 e. The molecule has 0 atom stereocenters. The predicted octanol–water partition coefficient (Wildman–Crippen LogP) is 3.51. The Hall–Kier alpha value is -3.50. The molecule has 0 unspecified atom stereocenters. The average Bonchev–Trinajstić information content (AvgIpc) is 2.69. The molecule has 4 rings (SSSR count). The van der Waals surface area contributed by atoms with Gasteiger partial charge in [-0.2, -0.15) is 5.26 Å². The number of para-hydroxylation sites is 1. The van der Waals surface area contributed by atoms with Crippen molar-refractivity contribution in [3.8, 4) is 11.9 Å². The topological polar surface area (TPSA) is 84.5 Å². The number of aromatic nitrogens is 4. The smallest absolute Gasteiger partial charge is 0.267 e. The number of fused-ring (bicyclic) bond motifs is 1. The van der Waals surface area contributed by atoms with Crippen LogP contribution in [0, 0.1) is 18.3 Å². The Kier molecular flexibility index (Phi) is 4.40. The summed E-state index contributed by atoms with van der Waals surface area (Å²) in [5.74, 6) is 0.489. The summed E-state index contributed by atoms with van der Waals surface area (Å²) in [4.78, 5) is 26.5. The van der Waals surface area contributed by atoms with Crippen LogP contribution in [0.15, 0.2) is 75.8 Å². The van der Waals surface area contributed by atoms with E-state index in [1.165, 1.54) is 16.3 Å². The molecule has 3 heterocycles. The van der Waals surface area contributed by atoms with Crippen LogP contribution in [-0.4, -0.2) is 19.5 Å². The van der Waals surface area contributed by atoms with Gasteiger partial charge in [-0.05, 0) is 54.6 Å². The van der Waals surface area contributed by atoms with Gasteiger partial charge in [-0.3, -0.25) is 4.79 Å². The van der Waals surface area contributed by atoms with Crippen LogP contribution in [0.5, 0.6) is 0 Å². The van der Waals surface area contributed by atoms with Crippen LogP contribution in [0.3, 0.4) is 0 Å². The van der Waals surface area contributed by atoms with E-state index in [4.69, 9.17) is 5.26 Å². The largest absolute Gasteiger partial charge is 0.268 e. The molecule has 0 saturated heterocycles. The molecule has 7 heteroatoms. The molecule has 0 fully saturated rings. The van der Waals surface area contributed by atoms with E-state index in [0.717, 1.165) is 5.56 Å². The lowest BCUT2D eigenvalue weighted by molar-refractivity contribution is 0.793. The number of nitriles is 1. The van der Waals surface area contributed by atoms with Crippen molar-refractivity contribution < 1.29 is 0 Å². The first-order valence-corrected chi connectivity index (χ1v) is 8.97. The predicted molar refractivity (Wildman–Crippen MR) is 103 cm³/mol. The quantitative estimate of drug-likeness (QED) is 0.513. The molecular weight excluding hydrogens is 358 g/mol. The number of pyridine rings is 2. The Morgan fingerprint density at radius 1 is 1.04 bits per heavy atom. The highest BCUT2D eigenvalue weighted by Crippen LogP contribution is 2.26. The summed E-state index contributed by atoms with van der Waals surface area (Å²) >= 11 is 1.22. The third kappa shape index (κ3) is 3.30. The van der Waals surface area contributed by atoms with Crippen LogP contribution in [-0.2, 0) is 0 Å². The standard InChI is InChI=1S/C20H13N5OS/c1-13-9-10-17(22-12-13)25-19(26)15-6-2-3-7-16(15)24-20(25)27-18-8-4-5-14(11-21)23-18/h2-10,12H,1H3. The molecule has 0 aliphatic rings. The van der Waals surface area contributed by atoms with Gasteiger partial charge in [0.2, 0.25) is 0 Å². The van der Waals surface area contributed by atoms with Gasteiger partial charge in [0.1, 0.15) is 22.6 Å². The molecule has 0 aliphatic carbocycles. The molecule has 3 aromatic heterocycles. The van der Waals surface area contributed by atoms with Crippen molar-refractivity contribution in [3.63, 3.8) is 0 Å². The van der Waals surface area contributed by atoms with Crippen molar-refractivity contribution in [1.29, 1.82) is 5.26 Å². The first-order valence-electron chi connectivity index (χ1n) is 8.15. The zero-order valence-electron chi connectivity index (χ0n) is 14.3. The summed E-state index contributed by atoms with van der Waals surface area (Å²) in [7, 11) is 0. The molecule has 0 saturated carbocycles. The fourth-order valence-electron chi connectivity index (χ4n) is 2.60. The van der Waals surface area contributed by atoms with E-state index in [9.17, 15) is 4.79 Å². The zero-order chi connectivity index (χ0) is 18.8. The summed E-state index contributed by atoms with van der Waals surface area (Å²) < 4.78 is 1.48. The van der Waals surface area contributed by atoms with Gasteiger partial charge in [0.05, 0.1) is 10.9 Å². The summed E-state index contributed by atoms with van der Waals surface area (Å²) in [5, 5.41) is 10.6. The molecule has 130 valence electrons. The number of rotatable bonds is 3. The third-order valence-corrected chi connectivity index (χ3v) is 4.80. The number of nitrogens with zero attached hydrogens (tertiary/aromatic N) is 5. The highest BCUT2D eigenvalue weighted by Gasteiger charge is 2.15. The average molecular weight is 371 g/mol. The molecule has 6 nitrogen and oxygen atoms in total. The van der Waals surface area contributed by atoms with Crippen molar-refractivity contribution in [2.75, 3.05) is 0 Å². The van der Waals surface area contributed by atoms with Crippen molar-refractivity contribution in [1.82, 2.24) is 19.5 Å². The minimum atomic E-state index is -0.198. The number of hydrogen-bond acceptors (Lipinski definition) is 6. The lowest BCUT2D eigenvalue weighted by atomic mass is 10.2. The Morgan fingerprint density at radius 2 is 1.89 bits per heavy atom. The second-order valence-corrected chi connectivity index (χ2v) is 6.81. The van der Waals surface area contributed by atoms with Gasteiger partial charge in [-0.15, -0.1) is 0 Å². The molecule has 1 aromatic carbocycles. The van der Waals surface area contributed by atoms with Crippen LogP contribution in [0.25, 0.3) is 16.7 Å². The lowest BCUT2D eigenvalue weighted by Crippen LogP contribution is -2.22. The van der Waals surface area contributed by atoms with Gasteiger partial charge in [0, 0.05) is 6.20 Å². The molecular formula is C20H13N5OS. The number of aryl methyl sites for hydroxylation is 1. The monoisotopic (exact) mass is 371 g/mol. The molecule has 0 spiro atoms. The summed E-state index contributed by atoms with van der Waals surface area (Å²) in [5.41, 5.74) is 1.71. The summed E-state index contributed by atoms with van der Waals surface area (Å²) in [6.07, 6.45) is 1.71.